The van der Waals surface area contributed by atoms with Gasteiger partial charge in [0.2, 0.25) is 0 Å². The summed E-state index contributed by atoms with van der Waals surface area (Å²) in [6, 6.07) is 19.8. The minimum atomic E-state index is -0.852. The Hall–Kier alpha value is -4.48. The first kappa shape index (κ1) is 24.8. The van der Waals surface area contributed by atoms with Gasteiger partial charge in [0.25, 0.3) is 0 Å². The van der Waals surface area contributed by atoms with Gasteiger partial charge in [0, 0.05) is 38.4 Å². The third-order valence-corrected chi connectivity index (χ3v) is 8.78. The number of ether oxygens (including phenoxy) is 1. The van der Waals surface area contributed by atoms with Gasteiger partial charge >= 0.3 is 12.1 Å². The molecule has 0 saturated carbocycles. The molecule has 39 heavy (non-hydrogen) atoms. The molecule has 196 valence electrons. The summed E-state index contributed by atoms with van der Waals surface area (Å²) in [6.07, 6.45) is 0.756. The Morgan fingerprint density at radius 2 is 1.82 bits per heavy atom. The van der Waals surface area contributed by atoms with Gasteiger partial charge in [-0.2, -0.15) is 0 Å². The van der Waals surface area contributed by atoms with Crippen molar-refractivity contribution in [3.8, 4) is 21.0 Å². The fraction of sp³-hybridized carbons (Fsp3) is 0.143. The van der Waals surface area contributed by atoms with E-state index < -0.39 is 18.2 Å². The maximum atomic E-state index is 12.7. The van der Waals surface area contributed by atoms with Crippen LogP contribution < -0.4 is 5.32 Å². The van der Waals surface area contributed by atoms with Gasteiger partial charge in [-0.25, -0.2) is 9.48 Å². The molecule has 4 heterocycles. The lowest BCUT2D eigenvalue weighted by Crippen LogP contribution is -2.18. The number of aromatic amines is 1. The van der Waals surface area contributed by atoms with E-state index in [4.69, 9.17) is 9.84 Å². The molecule has 0 fully saturated rings. The molecule has 1 amide bonds. The number of carbonyl (C=O) groups is 2. The number of benzene rings is 2. The van der Waals surface area contributed by atoms with E-state index in [1.165, 1.54) is 4.68 Å². The van der Waals surface area contributed by atoms with E-state index in [9.17, 15) is 9.59 Å². The second-order valence-corrected chi connectivity index (χ2v) is 11.3. The van der Waals surface area contributed by atoms with Crippen molar-refractivity contribution in [2.45, 2.75) is 19.4 Å². The van der Waals surface area contributed by atoms with Crippen LogP contribution >= 0.6 is 22.7 Å². The number of nitrogens with one attached hydrogen (secondary N) is 2. The van der Waals surface area contributed by atoms with Crippen molar-refractivity contribution in [1.29, 1.82) is 0 Å². The largest absolute Gasteiger partial charge is 0.481 e. The molecular weight excluding hydrogens is 534 g/mol. The molecular formula is C28H23N5O4S2. The van der Waals surface area contributed by atoms with Crippen LogP contribution in [0.3, 0.4) is 0 Å². The summed E-state index contributed by atoms with van der Waals surface area (Å²) in [7, 11) is 1.72. The Kier molecular flexibility index (Phi) is 6.37. The number of H-pyrrole nitrogens is 1. The number of hydrogen-bond acceptors (Lipinski definition) is 7. The number of fused-ring (bicyclic) bond motifs is 2. The molecule has 6 aromatic rings. The molecule has 0 radical (unpaired) electrons. The summed E-state index contributed by atoms with van der Waals surface area (Å²) in [5.74, 6) is -0.391. The fourth-order valence-electron chi connectivity index (χ4n) is 4.49. The van der Waals surface area contributed by atoms with Crippen LogP contribution in [0, 0.1) is 0 Å². The lowest BCUT2D eigenvalue weighted by Gasteiger charge is -2.14. The predicted molar refractivity (Wildman–Crippen MR) is 153 cm³/mol. The molecule has 1 atom stereocenters. The Balaban J connectivity index is 1.22. The van der Waals surface area contributed by atoms with E-state index in [0.717, 1.165) is 46.7 Å². The topological polar surface area (TPSA) is 122 Å². The third kappa shape index (κ3) is 4.89. The molecule has 0 aliphatic rings. The summed E-state index contributed by atoms with van der Waals surface area (Å²) in [6.45, 7) is 1.82. The molecule has 11 heteroatoms. The van der Waals surface area contributed by atoms with Gasteiger partial charge in [0.15, 0.2) is 5.82 Å². The Bertz CT molecular complexity index is 1800. The predicted octanol–water partition coefficient (Wildman–Crippen LogP) is 6.84. The average Bonchev–Trinajstić information content (AvgIpc) is 3.68. The van der Waals surface area contributed by atoms with Crippen molar-refractivity contribution in [2.24, 2.45) is 7.05 Å². The highest BCUT2D eigenvalue weighted by molar-refractivity contribution is 7.31. The van der Waals surface area contributed by atoms with E-state index >= 15 is 0 Å². The molecule has 2 aromatic carbocycles. The van der Waals surface area contributed by atoms with Crippen LogP contribution in [0.4, 0.5) is 10.6 Å². The number of carboxylic acid groups (broad SMARTS) is 1. The van der Waals surface area contributed by atoms with Crippen molar-refractivity contribution in [3.05, 3.63) is 78.0 Å². The number of amides is 1. The third-order valence-electron chi connectivity index (χ3n) is 6.43. The van der Waals surface area contributed by atoms with Crippen LogP contribution in [0.25, 0.3) is 41.3 Å². The first-order valence-corrected chi connectivity index (χ1v) is 13.8. The van der Waals surface area contributed by atoms with Crippen LogP contribution in [0.5, 0.6) is 0 Å². The number of aromatic nitrogens is 4. The van der Waals surface area contributed by atoms with Gasteiger partial charge in [0.1, 0.15) is 11.8 Å². The summed E-state index contributed by atoms with van der Waals surface area (Å²) in [5.41, 5.74) is 4.22. The molecule has 0 aliphatic heterocycles. The van der Waals surface area contributed by atoms with Gasteiger partial charge in [0.05, 0.1) is 11.3 Å². The Morgan fingerprint density at radius 3 is 2.59 bits per heavy atom. The quantitative estimate of drug-likeness (QED) is 0.197. The fourth-order valence-corrected chi connectivity index (χ4v) is 6.86. The second kappa shape index (κ2) is 10.0. The van der Waals surface area contributed by atoms with Crippen LogP contribution in [-0.2, 0) is 23.0 Å². The standard InChI is InChI=1S/C28H23N5O4S2/c1-15(16-6-4-3-5-7-16)37-28(36)30-27-26(31-32-33(27)2)24-13-23-22(39-24)12-21(38-23)17-8-9-19-18(11-25(34)35)14-29-20(19)10-17/h3-10,12-15,29H,11H2,1-2H3,(H,30,36)(H,34,35)/t15-/m1/s1. The highest BCUT2D eigenvalue weighted by Gasteiger charge is 2.21. The van der Waals surface area contributed by atoms with Crippen LogP contribution in [0.1, 0.15) is 24.2 Å². The highest BCUT2D eigenvalue weighted by atomic mass is 32.1. The second-order valence-electron chi connectivity index (χ2n) is 9.09. The Labute approximate surface area is 230 Å². The molecule has 0 bridgehead atoms. The first-order chi connectivity index (χ1) is 18.9. The minimum Gasteiger partial charge on any atom is -0.481 e. The maximum Gasteiger partial charge on any atom is 0.413 e. The molecule has 3 N–H and O–H groups in total. The van der Waals surface area contributed by atoms with Gasteiger partial charge < -0.3 is 14.8 Å². The number of anilines is 1. The summed E-state index contributed by atoms with van der Waals surface area (Å²) in [5, 5.41) is 21.3. The van der Waals surface area contributed by atoms with Gasteiger partial charge in [-0.15, -0.1) is 27.8 Å². The SMILES string of the molecule is C[C@@H](OC(=O)Nc1c(-c2cc3sc(-c4ccc5c(CC(=O)O)c[nH]c5c4)cc3s2)nnn1C)c1ccccc1. The van der Waals surface area contributed by atoms with Crippen molar-refractivity contribution in [2.75, 3.05) is 5.32 Å². The summed E-state index contributed by atoms with van der Waals surface area (Å²) >= 11 is 3.24. The number of hydrogen-bond donors (Lipinski definition) is 3. The number of nitrogens with zero attached hydrogens (tertiary/aromatic N) is 3. The lowest BCUT2D eigenvalue weighted by atomic mass is 10.1. The number of aliphatic carboxylic acids is 1. The highest BCUT2D eigenvalue weighted by Crippen LogP contribution is 2.43. The van der Waals surface area contributed by atoms with Gasteiger partial charge in [-0.05, 0) is 41.8 Å². The minimum absolute atomic E-state index is 0.0140. The number of carboxylic acids is 1. The maximum absolute atomic E-state index is 12.7. The van der Waals surface area contributed by atoms with E-state index in [-0.39, 0.29) is 6.42 Å². The van der Waals surface area contributed by atoms with Crippen molar-refractivity contribution in [3.63, 3.8) is 0 Å². The van der Waals surface area contributed by atoms with Crippen molar-refractivity contribution >= 4 is 60.9 Å². The summed E-state index contributed by atoms with van der Waals surface area (Å²) in [4.78, 5) is 29.0. The molecule has 9 nitrogen and oxygen atoms in total. The van der Waals surface area contributed by atoms with Gasteiger partial charge in [-0.1, -0.05) is 47.7 Å². The van der Waals surface area contributed by atoms with E-state index in [0.29, 0.717) is 11.5 Å². The van der Waals surface area contributed by atoms with Crippen LogP contribution in [0.15, 0.2) is 66.9 Å². The molecule has 0 spiro atoms. The van der Waals surface area contributed by atoms with E-state index in [1.54, 1.807) is 35.9 Å². The number of thiophene rings is 2. The van der Waals surface area contributed by atoms with Crippen molar-refractivity contribution < 1.29 is 19.4 Å². The van der Waals surface area contributed by atoms with Crippen LogP contribution in [-0.4, -0.2) is 37.1 Å². The zero-order chi connectivity index (χ0) is 27.1. The zero-order valence-corrected chi connectivity index (χ0v) is 22.6. The molecule has 6 rings (SSSR count). The normalized spacial score (nSPS) is 12.2. The molecule has 4 aromatic heterocycles. The van der Waals surface area contributed by atoms with Crippen molar-refractivity contribution in [1.82, 2.24) is 20.0 Å². The van der Waals surface area contributed by atoms with Gasteiger partial charge in [-0.3, -0.25) is 10.1 Å². The van der Waals surface area contributed by atoms with E-state index in [2.05, 4.69) is 32.7 Å². The summed E-state index contributed by atoms with van der Waals surface area (Å²) < 4.78 is 9.29. The number of carbonyl (C=O) groups excluding carboxylic acids is 1. The van der Waals surface area contributed by atoms with E-state index in [1.807, 2.05) is 55.5 Å². The average molecular weight is 558 g/mol. The molecule has 0 aliphatic carbocycles. The number of rotatable bonds is 7. The molecule has 0 saturated heterocycles. The van der Waals surface area contributed by atoms with Crippen LogP contribution in [0.2, 0.25) is 0 Å². The molecule has 0 unspecified atom stereocenters. The Morgan fingerprint density at radius 1 is 1.08 bits per heavy atom. The monoisotopic (exact) mass is 557 g/mol. The first-order valence-electron chi connectivity index (χ1n) is 12.1. The lowest BCUT2D eigenvalue weighted by molar-refractivity contribution is -0.136. The smallest absolute Gasteiger partial charge is 0.413 e. The zero-order valence-electron chi connectivity index (χ0n) is 21.0. The number of aryl methyl sites for hydroxylation is 1.